The fourth-order valence-electron chi connectivity index (χ4n) is 4.66. The largest absolute Gasteiger partial charge is 0.482 e. The van der Waals surface area contributed by atoms with Crippen LogP contribution in [0.2, 0.25) is 0 Å². The molecule has 0 amide bonds. The number of carboxylic acid groups (broad SMARTS) is 2. The van der Waals surface area contributed by atoms with Crippen LogP contribution in [0, 0.1) is 0 Å². The highest BCUT2D eigenvalue weighted by Crippen LogP contribution is 2.30. The molecule has 3 heterocycles. The molecular formula is C30H34F3N5O7. The first-order chi connectivity index (χ1) is 21.4. The summed E-state index contributed by atoms with van der Waals surface area (Å²) < 4.78 is 44.1. The highest BCUT2D eigenvalue weighted by molar-refractivity contribution is 5.89. The van der Waals surface area contributed by atoms with Crippen LogP contribution in [0.5, 0.6) is 5.75 Å². The van der Waals surface area contributed by atoms with E-state index in [1.165, 1.54) is 10.8 Å². The predicted octanol–water partition coefficient (Wildman–Crippen LogP) is 2.95. The SMILES string of the molecule is CC(c1cccnc1)c1c[nH]c(=O)n(CCCN2CCN(c3ccccc3OCC(F)(F)F)CC2)c1=O.O=C(O)/C=C/C(=O)O. The molecule has 242 valence electrons. The Kier molecular flexibility index (Phi) is 12.5. The van der Waals surface area contributed by atoms with Gasteiger partial charge in [-0.15, -0.1) is 0 Å². The summed E-state index contributed by atoms with van der Waals surface area (Å²) in [4.78, 5) is 55.6. The number of hydrogen-bond acceptors (Lipinski definition) is 8. The Bertz CT molecular complexity index is 1550. The number of rotatable bonds is 11. The zero-order valence-electron chi connectivity index (χ0n) is 24.4. The molecular weight excluding hydrogens is 599 g/mol. The molecule has 1 fully saturated rings. The summed E-state index contributed by atoms with van der Waals surface area (Å²) in [5, 5.41) is 15.6. The number of H-pyrrole nitrogens is 1. The fraction of sp³-hybridized carbons (Fsp3) is 0.367. The second-order valence-electron chi connectivity index (χ2n) is 10.1. The number of halogens is 3. The van der Waals surface area contributed by atoms with Crippen LogP contribution in [0.4, 0.5) is 18.9 Å². The molecule has 15 heteroatoms. The van der Waals surface area contributed by atoms with Crippen LogP contribution in [0.25, 0.3) is 0 Å². The maximum Gasteiger partial charge on any atom is 0.422 e. The van der Waals surface area contributed by atoms with Crippen LogP contribution in [-0.2, 0) is 16.1 Å². The van der Waals surface area contributed by atoms with Crippen LogP contribution in [0.15, 0.2) is 76.7 Å². The molecule has 2 aromatic heterocycles. The van der Waals surface area contributed by atoms with Gasteiger partial charge in [0.25, 0.3) is 5.56 Å². The van der Waals surface area contributed by atoms with Gasteiger partial charge in [0.15, 0.2) is 6.61 Å². The van der Waals surface area contributed by atoms with E-state index in [4.69, 9.17) is 14.9 Å². The number of carboxylic acids is 2. The minimum absolute atomic E-state index is 0.208. The number of benzene rings is 1. The van der Waals surface area contributed by atoms with Gasteiger partial charge in [-0.25, -0.2) is 14.4 Å². The monoisotopic (exact) mass is 633 g/mol. The van der Waals surface area contributed by atoms with Gasteiger partial charge < -0.3 is 24.8 Å². The number of pyridine rings is 1. The summed E-state index contributed by atoms with van der Waals surface area (Å²) in [5.41, 5.74) is 1.30. The van der Waals surface area contributed by atoms with Gasteiger partial charge in [-0.1, -0.05) is 25.1 Å². The van der Waals surface area contributed by atoms with Gasteiger partial charge in [0.05, 0.1) is 5.69 Å². The molecule has 0 bridgehead atoms. The summed E-state index contributed by atoms with van der Waals surface area (Å²) in [6.45, 7) is 4.22. The topological polar surface area (TPSA) is 158 Å². The molecule has 0 saturated carbocycles. The van der Waals surface area contributed by atoms with E-state index in [-0.39, 0.29) is 23.8 Å². The van der Waals surface area contributed by atoms with Crippen molar-refractivity contribution in [2.45, 2.75) is 32.0 Å². The number of aromatic nitrogens is 3. The minimum Gasteiger partial charge on any atom is -0.482 e. The van der Waals surface area contributed by atoms with Crippen molar-refractivity contribution in [2.75, 3.05) is 44.2 Å². The molecule has 1 saturated heterocycles. The van der Waals surface area contributed by atoms with Crippen molar-refractivity contribution in [3.8, 4) is 5.75 Å². The Morgan fingerprint density at radius 2 is 1.69 bits per heavy atom. The van der Waals surface area contributed by atoms with Crippen LogP contribution < -0.4 is 20.9 Å². The molecule has 0 spiro atoms. The van der Waals surface area contributed by atoms with Gasteiger partial charge in [0, 0.05) is 74.9 Å². The minimum atomic E-state index is -4.40. The lowest BCUT2D eigenvalue weighted by molar-refractivity contribution is -0.153. The van der Waals surface area contributed by atoms with Crippen LogP contribution in [-0.4, -0.2) is 87.1 Å². The molecule has 3 N–H and O–H groups in total. The van der Waals surface area contributed by atoms with Gasteiger partial charge >= 0.3 is 23.8 Å². The van der Waals surface area contributed by atoms with Crippen molar-refractivity contribution >= 4 is 17.6 Å². The average Bonchev–Trinajstić information content (AvgIpc) is 3.01. The zero-order valence-corrected chi connectivity index (χ0v) is 24.4. The first kappa shape index (κ1) is 34.6. The van der Waals surface area contributed by atoms with Crippen LogP contribution >= 0.6 is 0 Å². The molecule has 3 aromatic rings. The van der Waals surface area contributed by atoms with E-state index in [0.29, 0.717) is 62.5 Å². The Morgan fingerprint density at radius 1 is 1.02 bits per heavy atom. The number of aromatic amines is 1. The Morgan fingerprint density at radius 3 is 2.29 bits per heavy atom. The molecule has 1 atom stereocenters. The second kappa shape index (κ2) is 16.2. The smallest absolute Gasteiger partial charge is 0.422 e. The van der Waals surface area contributed by atoms with Gasteiger partial charge in [-0.3, -0.25) is 19.2 Å². The van der Waals surface area contributed by atoms with Crippen LogP contribution in [0.1, 0.15) is 30.4 Å². The maximum absolute atomic E-state index is 13.1. The number of para-hydroxylation sites is 2. The van der Waals surface area contributed by atoms with Crippen molar-refractivity contribution in [1.82, 2.24) is 19.4 Å². The highest BCUT2D eigenvalue weighted by Gasteiger charge is 2.29. The van der Waals surface area contributed by atoms with Crippen molar-refractivity contribution in [2.24, 2.45) is 0 Å². The third-order valence-corrected chi connectivity index (χ3v) is 6.93. The van der Waals surface area contributed by atoms with E-state index in [1.54, 1.807) is 36.7 Å². The van der Waals surface area contributed by atoms with Gasteiger partial charge in [-0.05, 0) is 36.7 Å². The third kappa shape index (κ3) is 10.9. The number of ether oxygens (including phenoxy) is 1. The Balaban J connectivity index is 0.000000610. The molecule has 45 heavy (non-hydrogen) atoms. The molecule has 4 rings (SSSR count). The molecule has 1 aromatic carbocycles. The van der Waals surface area contributed by atoms with Crippen molar-refractivity contribution in [1.29, 1.82) is 0 Å². The van der Waals surface area contributed by atoms with E-state index in [1.807, 2.05) is 24.0 Å². The first-order valence-electron chi connectivity index (χ1n) is 14.0. The normalized spacial score (nSPS) is 14.4. The van der Waals surface area contributed by atoms with Crippen molar-refractivity contribution < 1.29 is 37.7 Å². The number of anilines is 1. The number of hydrogen-bond donors (Lipinski definition) is 3. The number of alkyl halides is 3. The van der Waals surface area contributed by atoms with Gasteiger partial charge in [-0.2, -0.15) is 13.2 Å². The van der Waals surface area contributed by atoms with Crippen molar-refractivity contribution in [3.05, 3.63) is 99.1 Å². The molecule has 0 radical (unpaired) electrons. The highest BCUT2D eigenvalue weighted by atomic mass is 19.4. The number of nitrogens with zero attached hydrogens (tertiary/aromatic N) is 4. The maximum atomic E-state index is 13.1. The summed E-state index contributed by atoms with van der Waals surface area (Å²) in [7, 11) is 0. The van der Waals surface area contributed by atoms with Gasteiger partial charge in [0.1, 0.15) is 5.75 Å². The number of piperazine rings is 1. The second-order valence-corrected chi connectivity index (χ2v) is 10.1. The Labute approximate surface area is 256 Å². The van der Waals surface area contributed by atoms with Crippen molar-refractivity contribution in [3.63, 3.8) is 0 Å². The number of carbonyl (C=O) groups is 2. The van der Waals surface area contributed by atoms with E-state index in [9.17, 15) is 32.3 Å². The van der Waals surface area contributed by atoms with E-state index < -0.39 is 30.4 Å². The standard InChI is InChI=1S/C26H30F3N5O3.C4H4O4/c1-19(20-6-4-9-30-16-20)21-17-31-25(36)34(24(21)35)11-5-10-32-12-14-33(15-13-32)22-7-2-3-8-23(22)37-18-26(27,28)29;5-3(6)1-2-4(7)8/h2-4,6-9,16-17,19H,5,10-15,18H2,1H3,(H,31,36);1-2H,(H,5,6)(H,7,8)/b;2-1+. The molecule has 1 aliphatic rings. The quantitative estimate of drug-likeness (QED) is 0.268. The molecule has 0 aliphatic carbocycles. The van der Waals surface area contributed by atoms with E-state index >= 15 is 0 Å². The summed E-state index contributed by atoms with van der Waals surface area (Å²) in [5.74, 6) is -2.51. The van der Waals surface area contributed by atoms with E-state index in [2.05, 4.69) is 14.9 Å². The summed E-state index contributed by atoms with van der Waals surface area (Å²) in [6, 6.07) is 10.4. The lowest BCUT2D eigenvalue weighted by Gasteiger charge is -2.36. The lowest BCUT2D eigenvalue weighted by atomic mass is 9.97. The lowest BCUT2D eigenvalue weighted by Crippen LogP contribution is -2.47. The zero-order chi connectivity index (χ0) is 33.0. The van der Waals surface area contributed by atoms with Crippen LogP contribution in [0.3, 0.4) is 0 Å². The molecule has 1 aliphatic heterocycles. The van der Waals surface area contributed by atoms with E-state index in [0.717, 1.165) is 5.56 Å². The number of aliphatic carboxylic acids is 2. The van der Waals surface area contributed by atoms with Gasteiger partial charge in [0.2, 0.25) is 0 Å². The predicted molar refractivity (Wildman–Crippen MR) is 159 cm³/mol. The fourth-order valence-corrected chi connectivity index (χ4v) is 4.66. The summed E-state index contributed by atoms with van der Waals surface area (Å²) in [6.07, 6.45) is 2.19. The number of nitrogens with one attached hydrogen (secondary N) is 1. The summed E-state index contributed by atoms with van der Waals surface area (Å²) >= 11 is 0. The molecule has 1 unspecified atom stereocenters. The third-order valence-electron chi connectivity index (χ3n) is 6.93. The average molecular weight is 634 g/mol. The first-order valence-corrected chi connectivity index (χ1v) is 14.0. The Hall–Kier alpha value is -4.92. The molecule has 12 nitrogen and oxygen atoms in total.